The quantitative estimate of drug-likeness (QED) is 0.171. The Morgan fingerprint density at radius 1 is 0.886 bits per heavy atom. The molecule has 8 unspecified atom stereocenters. The predicted molar refractivity (Wildman–Crippen MR) is 153 cm³/mol. The summed E-state index contributed by atoms with van der Waals surface area (Å²) < 4.78 is 44.2. The number of thiocarbonyl (C=S) groups is 4. The molecule has 2 aliphatic rings. The van der Waals surface area contributed by atoms with Crippen molar-refractivity contribution < 1.29 is 48.1 Å². The van der Waals surface area contributed by atoms with Crippen molar-refractivity contribution in [3.8, 4) is 0 Å². The van der Waals surface area contributed by atoms with Crippen molar-refractivity contribution in [2.75, 3.05) is 13.7 Å². The molecule has 0 saturated carbocycles. The van der Waals surface area contributed by atoms with Crippen LogP contribution in [-0.2, 0) is 37.9 Å². The number of methoxy groups -OCH3 is 1. The van der Waals surface area contributed by atoms with Crippen molar-refractivity contribution in [3.63, 3.8) is 0 Å². The van der Waals surface area contributed by atoms with Crippen LogP contribution in [0.15, 0.2) is 11.5 Å². The second kappa shape index (κ2) is 14.6. The molecule has 0 aliphatic carbocycles. The van der Waals surface area contributed by atoms with Crippen LogP contribution in [0, 0.1) is 5.92 Å². The first kappa shape index (κ1) is 31.7. The zero-order valence-corrected chi connectivity index (χ0v) is 24.8. The fourth-order valence-electron chi connectivity index (χ4n) is 3.25. The maximum Gasteiger partial charge on any atom is 0.222 e. The number of rotatable bonds is 8. The molecule has 8 atom stereocenters. The normalized spacial score (nSPS) is 33.0. The molecule has 0 bridgehead atoms. The van der Waals surface area contributed by atoms with Gasteiger partial charge in [0.15, 0.2) is 18.0 Å². The van der Waals surface area contributed by atoms with Crippen LogP contribution in [0.25, 0.3) is 0 Å². The summed E-state index contributed by atoms with van der Waals surface area (Å²) in [5.41, 5.74) is 0. The Kier molecular flexibility index (Phi) is 13.2. The van der Waals surface area contributed by atoms with Crippen molar-refractivity contribution in [1.29, 1.82) is 0 Å². The third-order valence-corrected chi connectivity index (χ3v) is 5.47. The van der Waals surface area contributed by atoms with Gasteiger partial charge in [0.25, 0.3) is 0 Å². The first-order chi connectivity index (χ1) is 16.4. The molecule has 0 amide bonds. The van der Waals surface area contributed by atoms with E-state index in [1.807, 2.05) is 0 Å². The number of ether oxygens (including phenoxy) is 8. The van der Waals surface area contributed by atoms with Crippen LogP contribution in [0.5, 0.6) is 0 Å². The zero-order chi connectivity index (χ0) is 26.4. The van der Waals surface area contributed by atoms with Gasteiger partial charge in [-0.2, -0.15) is 0 Å². The van der Waals surface area contributed by atoms with Crippen LogP contribution in [0.4, 0.5) is 0 Å². The fourth-order valence-corrected chi connectivity index (χ4v) is 4.06. The lowest BCUT2D eigenvalue weighted by Crippen LogP contribution is -2.59. The van der Waals surface area contributed by atoms with Gasteiger partial charge in [0, 0.05) is 13.0 Å². The van der Waals surface area contributed by atoms with Crippen LogP contribution in [-0.4, -0.2) is 84.7 Å². The summed E-state index contributed by atoms with van der Waals surface area (Å²) in [4.78, 5) is 0. The van der Waals surface area contributed by atoms with E-state index in [1.165, 1.54) is 7.11 Å². The maximum atomic E-state index is 10.9. The van der Waals surface area contributed by atoms with E-state index in [0.29, 0.717) is 0 Å². The highest BCUT2D eigenvalue weighted by atomic mass is 32.1. The van der Waals surface area contributed by atoms with E-state index in [-0.39, 0.29) is 29.0 Å². The first-order valence-corrected chi connectivity index (χ1v) is 12.9. The van der Waals surface area contributed by atoms with Gasteiger partial charge in [-0.3, -0.25) is 0 Å². The molecule has 1 saturated heterocycles. The Balaban J connectivity index is 2.53. The van der Waals surface area contributed by atoms with E-state index in [0.717, 1.165) is 0 Å². The molecule has 2 aliphatic heterocycles. The summed E-state index contributed by atoms with van der Waals surface area (Å²) in [6.07, 6.45) is -8.45. The summed E-state index contributed by atoms with van der Waals surface area (Å²) in [5, 5.41) is 20.9. The van der Waals surface area contributed by atoms with Crippen molar-refractivity contribution >= 4 is 117 Å². The smallest absolute Gasteiger partial charge is 0.222 e. The number of thiol groups is 4. The van der Waals surface area contributed by atoms with E-state index >= 15 is 0 Å². The second-order valence-corrected chi connectivity index (χ2v) is 11.2. The highest BCUT2D eigenvalue weighted by Crippen LogP contribution is 2.36. The van der Waals surface area contributed by atoms with Gasteiger partial charge in [0.05, 0.1) is 6.61 Å². The average molecular weight is 643 g/mol. The van der Waals surface area contributed by atoms with Crippen molar-refractivity contribution in [1.82, 2.24) is 0 Å². The van der Waals surface area contributed by atoms with Gasteiger partial charge in [-0.05, 0) is 48.9 Å². The zero-order valence-electron chi connectivity index (χ0n) is 17.9. The van der Waals surface area contributed by atoms with Gasteiger partial charge in [0.1, 0.15) is 12.2 Å². The molecule has 0 radical (unpaired) electrons. The van der Waals surface area contributed by atoms with Crippen molar-refractivity contribution in [3.05, 3.63) is 11.5 Å². The number of aliphatic hydroxyl groups is 2. The fraction of sp³-hybridized carbons (Fsp3) is 0.647. The minimum atomic E-state index is -1.39. The molecule has 198 valence electrons. The summed E-state index contributed by atoms with van der Waals surface area (Å²) in [5.74, 6) is -0.863. The molecule has 2 rings (SSSR count). The number of aliphatic hydroxyl groups excluding tert-OH is 2. The lowest BCUT2D eigenvalue weighted by molar-refractivity contribution is -0.338. The summed E-state index contributed by atoms with van der Waals surface area (Å²) in [6.45, 7) is 1.06. The molecule has 2 heterocycles. The van der Waals surface area contributed by atoms with E-state index in [2.05, 4.69) is 50.5 Å². The van der Waals surface area contributed by atoms with Crippen LogP contribution < -0.4 is 0 Å². The van der Waals surface area contributed by atoms with E-state index < -0.39 is 55.8 Å². The monoisotopic (exact) mass is 642 g/mol. The first-order valence-electron chi connectivity index (χ1n) is 9.52. The Morgan fingerprint density at radius 2 is 1.46 bits per heavy atom. The van der Waals surface area contributed by atoms with Gasteiger partial charge in [-0.25, -0.2) is 0 Å². The molecule has 10 nitrogen and oxygen atoms in total. The topological polar surface area (TPSA) is 114 Å². The average Bonchev–Trinajstić information content (AvgIpc) is 2.75. The minimum Gasteiger partial charge on any atom is -0.467 e. The number of hydrogen-bond donors (Lipinski definition) is 6. The molecule has 18 heteroatoms. The maximum absolute atomic E-state index is 10.9. The van der Waals surface area contributed by atoms with E-state index in [9.17, 15) is 10.2 Å². The van der Waals surface area contributed by atoms with Crippen LogP contribution in [0.1, 0.15) is 6.92 Å². The molecule has 2 N–H and O–H groups in total. The lowest BCUT2D eigenvalue weighted by Gasteiger charge is -2.44. The van der Waals surface area contributed by atoms with Crippen molar-refractivity contribution in [2.45, 2.75) is 50.2 Å². The SMILES string of the molecule is COC1OC(CO)C(OC2OC(OC(=S)S)C(C)C(O)C2OC(=S)S)C(OC(=S)S)=C1OC(=S)S. The van der Waals surface area contributed by atoms with Gasteiger partial charge in [-0.1, -0.05) is 57.4 Å². The van der Waals surface area contributed by atoms with Crippen LogP contribution in [0.3, 0.4) is 0 Å². The molecular formula is C17H22O10S8. The lowest BCUT2D eigenvalue weighted by atomic mass is 9.95. The van der Waals surface area contributed by atoms with Crippen LogP contribution >= 0.6 is 99.4 Å². The van der Waals surface area contributed by atoms with Gasteiger partial charge in [0.2, 0.25) is 42.2 Å². The molecular weight excluding hydrogens is 621 g/mol. The van der Waals surface area contributed by atoms with Crippen LogP contribution in [0.2, 0.25) is 0 Å². The summed E-state index contributed by atoms with van der Waals surface area (Å²) in [7, 11) is 1.32. The third kappa shape index (κ3) is 8.74. The van der Waals surface area contributed by atoms with Crippen molar-refractivity contribution in [2.24, 2.45) is 5.92 Å². The molecule has 1 fully saturated rings. The van der Waals surface area contributed by atoms with E-state index in [4.69, 9.17) is 86.8 Å². The van der Waals surface area contributed by atoms with Gasteiger partial charge >= 0.3 is 0 Å². The Labute approximate surface area is 244 Å². The Hall–Kier alpha value is 0.460. The summed E-state index contributed by atoms with van der Waals surface area (Å²) in [6, 6.07) is 0. The minimum absolute atomic E-state index is 0.102. The Bertz CT molecular complexity index is 857. The largest absolute Gasteiger partial charge is 0.467 e. The van der Waals surface area contributed by atoms with E-state index in [1.54, 1.807) is 6.92 Å². The third-order valence-electron chi connectivity index (χ3n) is 4.72. The van der Waals surface area contributed by atoms with Gasteiger partial charge < -0.3 is 48.1 Å². The standard InChI is InChI=1S/C17H22O10S8/c1-4-6(19)8(23-14(28)29)13(26-11(4)27-17(34)35)22-7-5(3-18)21-12(20-2)10(25-16(32)33)9(7)24-15(30)31/h4-8,11-13,18-19H,3H2,1-2H3,(H,28,29)(H,30,31)(H,32,33)(H,34,35). The molecule has 0 spiro atoms. The summed E-state index contributed by atoms with van der Waals surface area (Å²) >= 11 is 35.6. The molecule has 35 heavy (non-hydrogen) atoms. The highest BCUT2D eigenvalue weighted by Gasteiger charge is 2.51. The number of hydrogen-bond acceptors (Lipinski definition) is 14. The van der Waals surface area contributed by atoms with Gasteiger partial charge in [-0.15, -0.1) is 0 Å². The second-order valence-electron chi connectivity index (χ2n) is 6.90. The molecule has 0 aromatic carbocycles. The Morgan fingerprint density at radius 3 is 1.94 bits per heavy atom. The molecule has 0 aromatic rings. The molecule has 0 aromatic heterocycles. The predicted octanol–water partition coefficient (Wildman–Crippen LogP) is 1.92. The highest BCUT2D eigenvalue weighted by molar-refractivity contribution is 8.11.